The number of hydrogen-bond donors (Lipinski definition) is 1. The molecule has 0 saturated carbocycles. The summed E-state index contributed by atoms with van der Waals surface area (Å²) in [5.41, 5.74) is 1.74. The van der Waals surface area contributed by atoms with E-state index < -0.39 is 0 Å². The fraction of sp³-hybridized carbons (Fsp3) is 0.385. The van der Waals surface area contributed by atoms with Crippen molar-refractivity contribution in [1.82, 2.24) is 14.3 Å². The highest BCUT2D eigenvalue weighted by Gasteiger charge is 2.25. The lowest BCUT2D eigenvalue weighted by atomic mass is 10.1. The zero-order chi connectivity index (χ0) is 22.8. The molecular formula is C26H30N4O2S. The van der Waals surface area contributed by atoms with Gasteiger partial charge in [0.05, 0.1) is 16.8 Å². The van der Waals surface area contributed by atoms with Crippen molar-refractivity contribution in [2.24, 2.45) is 0 Å². The molecule has 1 aliphatic heterocycles. The maximum atomic E-state index is 11.7. The predicted octanol–water partition coefficient (Wildman–Crippen LogP) is 4.82. The fourth-order valence-corrected chi connectivity index (χ4v) is 5.53. The molecule has 0 bridgehead atoms. The highest BCUT2D eigenvalue weighted by molar-refractivity contribution is 7.13. The van der Waals surface area contributed by atoms with Gasteiger partial charge in [-0.05, 0) is 74.6 Å². The Labute approximate surface area is 198 Å². The molecule has 4 aromatic rings. The van der Waals surface area contributed by atoms with Crippen molar-refractivity contribution in [3.8, 4) is 5.75 Å². The van der Waals surface area contributed by atoms with E-state index in [0.717, 1.165) is 67.1 Å². The van der Waals surface area contributed by atoms with Gasteiger partial charge >= 0.3 is 0 Å². The summed E-state index contributed by atoms with van der Waals surface area (Å²) in [6, 6.07) is 16.6. The molecule has 1 aliphatic rings. The molecular weight excluding hydrogens is 432 g/mol. The Kier molecular flexibility index (Phi) is 6.33. The molecule has 0 spiro atoms. The molecule has 5 rings (SSSR count). The molecule has 172 valence electrons. The molecule has 1 saturated heterocycles. The van der Waals surface area contributed by atoms with Crippen LogP contribution in [0.1, 0.15) is 25.3 Å². The van der Waals surface area contributed by atoms with Crippen LogP contribution in [0, 0.1) is 6.92 Å². The van der Waals surface area contributed by atoms with E-state index >= 15 is 0 Å². The van der Waals surface area contributed by atoms with E-state index in [1.165, 1.54) is 10.1 Å². The number of aryl methyl sites for hydroxylation is 1. The van der Waals surface area contributed by atoms with E-state index in [-0.39, 0.29) is 5.56 Å². The van der Waals surface area contributed by atoms with Crippen LogP contribution in [0.5, 0.6) is 5.75 Å². The number of hydrogen-bond acceptors (Lipinski definition) is 6. The van der Waals surface area contributed by atoms with Crippen molar-refractivity contribution in [3.05, 3.63) is 64.4 Å². The Hall–Kier alpha value is -2.90. The van der Waals surface area contributed by atoms with Gasteiger partial charge in [-0.15, -0.1) is 0 Å². The summed E-state index contributed by atoms with van der Waals surface area (Å²) in [4.78, 5) is 19.6. The molecule has 1 atom stereocenters. The number of fused-ring (bicyclic) bond motifs is 2. The summed E-state index contributed by atoms with van der Waals surface area (Å²) in [5.74, 6) is 1.95. The summed E-state index contributed by atoms with van der Waals surface area (Å²) >= 11 is 1.59. The first-order valence-corrected chi connectivity index (χ1v) is 12.5. The van der Waals surface area contributed by atoms with Gasteiger partial charge in [0, 0.05) is 48.6 Å². The van der Waals surface area contributed by atoms with E-state index in [9.17, 15) is 4.79 Å². The van der Waals surface area contributed by atoms with Crippen LogP contribution in [0.3, 0.4) is 0 Å². The Morgan fingerprint density at radius 3 is 2.88 bits per heavy atom. The molecule has 2 aromatic carbocycles. The van der Waals surface area contributed by atoms with Crippen molar-refractivity contribution < 1.29 is 4.74 Å². The molecule has 1 unspecified atom stereocenters. The van der Waals surface area contributed by atoms with Crippen LogP contribution in [0.15, 0.2) is 53.3 Å². The molecule has 7 heteroatoms. The van der Waals surface area contributed by atoms with Gasteiger partial charge in [-0.1, -0.05) is 12.1 Å². The molecule has 1 fully saturated rings. The van der Waals surface area contributed by atoms with Crippen LogP contribution in [0.2, 0.25) is 0 Å². The maximum absolute atomic E-state index is 11.7. The number of piperazine rings is 1. The van der Waals surface area contributed by atoms with Crippen molar-refractivity contribution >= 4 is 38.3 Å². The van der Waals surface area contributed by atoms with Crippen LogP contribution in [0.25, 0.3) is 21.0 Å². The summed E-state index contributed by atoms with van der Waals surface area (Å²) < 4.78 is 12.0. The molecule has 6 nitrogen and oxygen atoms in total. The Balaban J connectivity index is 1.09. The predicted molar refractivity (Wildman–Crippen MR) is 137 cm³/mol. The largest absolute Gasteiger partial charge is 0.494 e. The maximum Gasteiger partial charge on any atom is 0.248 e. The van der Waals surface area contributed by atoms with Crippen LogP contribution in [-0.4, -0.2) is 53.1 Å². The lowest BCUT2D eigenvalue weighted by molar-refractivity contribution is 0.180. The van der Waals surface area contributed by atoms with E-state index in [1.807, 2.05) is 25.1 Å². The highest BCUT2D eigenvalue weighted by atomic mass is 32.1. The van der Waals surface area contributed by atoms with Crippen molar-refractivity contribution in [1.29, 1.82) is 0 Å². The monoisotopic (exact) mass is 462 g/mol. The van der Waals surface area contributed by atoms with Crippen molar-refractivity contribution in [2.75, 3.05) is 37.7 Å². The standard InChI is InChI=1S/C26H30N4O2S/c1-18-15-25(31)27-23-16-20(9-10-21(18)23)32-14-6-5-11-29-12-13-30(17-19(29)2)26-22-7-3-4-8-24(22)33-28-26/h3-4,7-10,15-16,19H,5-6,11-14,17H2,1-2H3,(H,27,31). The van der Waals surface area contributed by atoms with Gasteiger partial charge < -0.3 is 14.6 Å². The van der Waals surface area contributed by atoms with Crippen LogP contribution in [-0.2, 0) is 0 Å². The van der Waals surface area contributed by atoms with Crippen LogP contribution >= 0.6 is 11.5 Å². The molecule has 0 radical (unpaired) electrons. The smallest absolute Gasteiger partial charge is 0.248 e. The topological polar surface area (TPSA) is 61.5 Å². The van der Waals surface area contributed by atoms with Gasteiger partial charge in [-0.3, -0.25) is 9.69 Å². The van der Waals surface area contributed by atoms with Gasteiger partial charge in [-0.25, -0.2) is 0 Å². The lowest BCUT2D eigenvalue weighted by Gasteiger charge is -2.40. The minimum absolute atomic E-state index is 0.0747. The Morgan fingerprint density at radius 2 is 2.00 bits per heavy atom. The molecule has 33 heavy (non-hydrogen) atoms. The van der Waals surface area contributed by atoms with Crippen LogP contribution in [0.4, 0.5) is 5.82 Å². The third-order valence-corrected chi connectivity index (χ3v) is 7.37. The lowest BCUT2D eigenvalue weighted by Crippen LogP contribution is -2.52. The second-order valence-electron chi connectivity index (χ2n) is 8.91. The number of unbranched alkanes of at least 4 members (excludes halogenated alkanes) is 1. The van der Waals surface area contributed by atoms with Gasteiger partial charge in [0.25, 0.3) is 0 Å². The number of nitrogens with zero attached hydrogens (tertiary/aromatic N) is 3. The van der Waals surface area contributed by atoms with E-state index in [1.54, 1.807) is 17.6 Å². The van der Waals surface area contributed by atoms with E-state index in [2.05, 4.69) is 46.0 Å². The Bertz CT molecular complexity index is 1310. The number of rotatable bonds is 7. The second-order valence-corrected chi connectivity index (χ2v) is 9.72. The molecule has 3 heterocycles. The minimum atomic E-state index is -0.0747. The minimum Gasteiger partial charge on any atom is -0.494 e. The zero-order valence-electron chi connectivity index (χ0n) is 19.2. The number of H-pyrrole nitrogens is 1. The summed E-state index contributed by atoms with van der Waals surface area (Å²) in [6.45, 7) is 9.13. The highest BCUT2D eigenvalue weighted by Crippen LogP contribution is 2.30. The second kappa shape index (κ2) is 9.53. The van der Waals surface area contributed by atoms with E-state index in [4.69, 9.17) is 9.11 Å². The number of aromatic amines is 1. The third kappa shape index (κ3) is 4.75. The van der Waals surface area contributed by atoms with Crippen LogP contribution < -0.4 is 15.2 Å². The number of pyridine rings is 1. The number of aromatic nitrogens is 2. The first-order chi connectivity index (χ1) is 16.1. The average molecular weight is 463 g/mol. The number of benzene rings is 2. The fourth-order valence-electron chi connectivity index (χ4n) is 4.73. The zero-order valence-corrected chi connectivity index (χ0v) is 20.0. The van der Waals surface area contributed by atoms with Crippen molar-refractivity contribution in [3.63, 3.8) is 0 Å². The van der Waals surface area contributed by atoms with Gasteiger partial charge in [0.2, 0.25) is 5.56 Å². The van der Waals surface area contributed by atoms with E-state index in [0.29, 0.717) is 12.6 Å². The molecule has 1 N–H and O–H groups in total. The summed E-state index contributed by atoms with van der Waals surface area (Å²) in [7, 11) is 0. The number of nitrogens with one attached hydrogen (secondary N) is 1. The van der Waals surface area contributed by atoms with Crippen molar-refractivity contribution in [2.45, 2.75) is 32.7 Å². The molecule has 2 aromatic heterocycles. The normalized spacial score (nSPS) is 17.2. The van der Waals surface area contributed by atoms with Gasteiger partial charge in [0.1, 0.15) is 11.6 Å². The summed E-state index contributed by atoms with van der Waals surface area (Å²) in [6.07, 6.45) is 2.11. The first kappa shape index (κ1) is 21.9. The number of ether oxygens (including phenoxy) is 1. The third-order valence-electron chi connectivity index (χ3n) is 6.55. The van der Waals surface area contributed by atoms with Gasteiger partial charge in [0.15, 0.2) is 0 Å². The van der Waals surface area contributed by atoms with Gasteiger partial charge in [-0.2, -0.15) is 4.37 Å². The first-order valence-electron chi connectivity index (χ1n) is 11.7. The SMILES string of the molecule is Cc1cc(=O)[nH]c2cc(OCCCCN3CCN(c4nsc5ccccc45)CC3C)ccc12. The summed E-state index contributed by atoms with van der Waals surface area (Å²) in [5, 5.41) is 2.33. The Morgan fingerprint density at radius 1 is 1.12 bits per heavy atom. The molecule has 0 amide bonds. The quantitative estimate of drug-likeness (QED) is 0.399. The molecule has 0 aliphatic carbocycles. The number of anilines is 1. The average Bonchev–Trinajstić information content (AvgIpc) is 3.23.